The number of benzene rings is 1. The van der Waals surface area contributed by atoms with Crippen molar-refractivity contribution in [1.29, 1.82) is 0 Å². The lowest BCUT2D eigenvalue weighted by atomic mass is 10.3. The van der Waals surface area contributed by atoms with Gasteiger partial charge >= 0.3 is 5.91 Å². The highest BCUT2D eigenvalue weighted by Gasteiger charge is 2.14. The van der Waals surface area contributed by atoms with Crippen molar-refractivity contribution in [2.45, 2.75) is 6.61 Å². The van der Waals surface area contributed by atoms with Gasteiger partial charge in [0.25, 0.3) is 11.8 Å². The van der Waals surface area contributed by atoms with Crippen LogP contribution in [0.25, 0.3) is 0 Å². The average Bonchev–Trinajstić information content (AvgIpc) is 3.41. The van der Waals surface area contributed by atoms with Crippen molar-refractivity contribution in [2.24, 2.45) is 0 Å². The standard InChI is InChI=1S/C19H17N3O6/c23-17(11-20-18(24)15-7-4-10-26-15)21-22-19(25)16-9-8-14(28-16)12-27-13-5-2-1-3-6-13/h1-10H,11-12H2,(H,20,24)(H,21,23)(H,22,25). The molecule has 0 unspecified atom stereocenters. The van der Waals surface area contributed by atoms with Gasteiger partial charge in [0.05, 0.1) is 12.8 Å². The van der Waals surface area contributed by atoms with Crippen LogP contribution in [-0.4, -0.2) is 24.3 Å². The fourth-order valence-corrected chi connectivity index (χ4v) is 2.14. The highest BCUT2D eigenvalue weighted by Crippen LogP contribution is 2.13. The van der Waals surface area contributed by atoms with Crippen LogP contribution >= 0.6 is 0 Å². The summed E-state index contributed by atoms with van der Waals surface area (Å²) in [7, 11) is 0. The van der Waals surface area contributed by atoms with E-state index in [1.165, 1.54) is 18.4 Å². The van der Waals surface area contributed by atoms with Gasteiger partial charge in [0.15, 0.2) is 11.5 Å². The van der Waals surface area contributed by atoms with E-state index in [0.717, 1.165) is 0 Å². The maximum atomic E-state index is 12.0. The zero-order valence-corrected chi connectivity index (χ0v) is 14.6. The Morgan fingerprint density at radius 2 is 1.68 bits per heavy atom. The summed E-state index contributed by atoms with van der Waals surface area (Å²) in [4.78, 5) is 35.3. The van der Waals surface area contributed by atoms with Gasteiger partial charge in [-0.3, -0.25) is 25.2 Å². The lowest BCUT2D eigenvalue weighted by molar-refractivity contribution is -0.120. The molecule has 3 aromatic rings. The first kappa shape index (κ1) is 18.8. The lowest BCUT2D eigenvalue weighted by Crippen LogP contribution is -2.46. The molecular formula is C19H17N3O6. The molecular weight excluding hydrogens is 366 g/mol. The van der Waals surface area contributed by atoms with E-state index in [0.29, 0.717) is 11.5 Å². The summed E-state index contributed by atoms with van der Waals surface area (Å²) in [5.41, 5.74) is 4.37. The predicted octanol–water partition coefficient (Wildman–Crippen LogP) is 1.64. The molecule has 0 aliphatic rings. The van der Waals surface area contributed by atoms with Gasteiger partial charge < -0.3 is 18.9 Å². The van der Waals surface area contributed by atoms with Crippen molar-refractivity contribution in [3.05, 3.63) is 78.1 Å². The Balaban J connectivity index is 1.40. The van der Waals surface area contributed by atoms with Crippen LogP contribution in [0.4, 0.5) is 0 Å². The molecule has 1 aromatic carbocycles. The van der Waals surface area contributed by atoms with Crippen molar-refractivity contribution >= 4 is 17.7 Å². The lowest BCUT2D eigenvalue weighted by Gasteiger charge is -2.06. The Morgan fingerprint density at radius 3 is 2.43 bits per heavy atom. The summed E-state index contributed by atoms with van der Waals surface area (Å²) in [5.74, 6) is -0.589. The van der Waals surface area contributed by atoms with Crippen LogP contribution in [0.3, 0.4) is 0 Å². The summed E-state index contributed by atoms with van der Waals surface area (Å²) in [6.07, 6.45) is 1.34. The van der Waals surface area contributed by atoms with Crippen LogP contribution in [0.1, 0.15) is 26.9 Å². The van der Waals surface area contributed by atoms with Crippen LogP contribution in [-0.2, 0) is 11.4 Å². The number of rotatable bonds is 7. The molecule has 9 heteroatoms. The van der Waals surface area contributed by atoms with Crippen molar-refractivity contribution in [3.8, 4) is 5.75 Å². The number of amides is 3. The van der Waals surface area contributed by atoms with Crippen LogP contribution in [0.2, 0.25) is 0 Å². The summed E-state index contributed by atoms with van der Waals surface area (Å²) >= 11 is 0. The Hall–Kier alpha value is -4.01. The minimum Gasteiger partial charge on any atom is -0.486 e. The summed E-state index contributed by atoms with van der Waals surface area (Å²) < 4.78 is 15.8. The molecule has 0 radical (unpaired) electrons. The number of carbonyl (C=O) groups excluding carboxylic acids is 3. The minimum atomic E-state index is -0.642. The minimum absolute atomic E-state index is 0.00610. The number of carbonyl (C=O) groups is 3. The highest BCUT2D eigenvalue weighted by molar-refractivity contribution is 5.95. The monoisotopic (exact) mass is 383 g/mol. The SMILES string of the molecule is O=C(CNC(=O)c1ccco1)NNC(=O)c1ccc(COc2ccccc2)o1. The van der Waals surface area contributed by atoms with E-state index in [-0.39, 0.29) is 24.7 Å². The summed E-state index contributed by atoms with van der Waals surface area (Å²) in [6, 6.07) is 15.2. The van der Waals surface area contributed by atoms with E-state index in [1.54, 1.807) is 24.3 Å². The Bertz CT molecular complexity index is 934. The van der Waals surface area contributed by atoms with Crippen LogP contribution in [0.15, 0.2) is 69.7 Å². The molecule has 0 fully saturated rings. The third kappa shape index (κ3) is 5.24. The van der Waals surface area contributed by atoms with Gasteiger partial charge in [-0.25, -0.2) is 0 Å². The van der Waals surface area contributed by atoms with E-state index in [4.69, 9.17) is 13.6 Å². The second kappa shape index (κ2) is 9.08. The molecule has 0 spiro atoms. The smallest absolute Gasteiger partial charge is 0.305 e. The van der Waals surface area contributed by atoms with E-state index in [2.05, 4.69) is 16.2 Å². The molecule has 144 valence electrons. The van der Waals surface area contributed by atoms with Gasteiger partial charge in [0.1, 0.15) is 18.1 Å². The van der Waals surface area contributed by atoms with E-state index in [9.17, 15) is 14.4 Å². The number of hydrogen-bond acceptors (Lipinski definition) is 6. The molecule has 2 heterocycles. The van der Waals surface area contributed by atoms with Gasteiger partial charge in [-0.2, -0.15) is 0 Å². The maximum absolute atomic E-state index is 12.0. The third-order valence-electron chi connectivity index (χ3n) is 3.48. The first-order chi connectivity index (χ1) is 13.6. The van der Waals surface area contributed by atoms with Crippen LogP contribution in [0, 0.1) is 0 Å². The van der Waals surface area contributed by atoms with Crippen molar-refractivity contribution in [2.75, 3.05) is 6.54 Å². The fraction of sp³-hybridized carbons (Fsp3) is 0.105. The van der Waals surface area contributed by atoms with E-state index >= 15 is 0 Å². The van der Waals surface area contributed by atoms with E-state index in [1.807, 2.05) is 18.2 Å². The van der Waals surface area contributed by atoms with E-state index < -0.39 is 17.7 Å². The molecule has 0 saturated carbocycles. The molecule has 0 saturated heterocycles. The van der Waals surface area contributed by atoms with Crippen molar-refractivity contribution in [1.82, 2.24) is 16.2 Å². The molecule has 0 atom stereocenters. The Labute approximate surface area is 159 Å². The first-order valence-corrected chi connectivity index (χ1v) is 8.29. The van der Waals surface area contributed by atoms with Crippen molar-refractivity contribution < 1.29 is 28.0 Å². The molecule has 0 aliphatic carbocycles. The number of ether oxygens (including phenoxy) is 1. The molecule has 2 aromatic heterocycles. The van der Waals surface area contributed by atoms with Gasteiger partial charge in [0, 0.05) is 0 Å². The number of para-hydroxylation sites is 1. The second-order valence-electron chi connectivity index (χ2n) is 5.53. The normalized spacial score (nSPS) is 10.1. The summed E-state index contributed by atoms with van der Waals surface area (Å²) in [6.45, 7) is -0.184. The zero-order chi connectivity index (χ0) is 19.8. The molecule has 28 heavy (non-hydrogen) atoms. The van der Waals surface area contributed by atoms with Gasteiger partial charge in [-0.05, 0) is 36.4 Å². The van der Waals surface area contributed by atoms with Gasteiger partial charge in [-0.15, -0.1) is 0 Å². The van der Waals surface area contributed by atoms with Gasteiger partial charge in [0.2, 0.25) is 0 Å². The molecule has 3 N–H and O–H groups in total. The van der Waals surface area contributed by atoms with Crippen LogP contribution in [0.5, 0.6) is 5.75 Å². The number of nitrogens with one attached hydrogen (secondary N) is 3. The van der Waals surface area contributed by atoms with Gasteiger partial charge in [-0.1, -0.05) is 18.2 Å². The highest BCUT2D eigenvalue weighted by atomic mass is 16.5. The molecule has 9 nitrogen and oxygen atoms in total. The largest absolute Gasteiger partial charge is 0.486 e. The quantitative estimate of drug-likeness (QED) is 0.533. The molecule has 3 rings (SSSR count). The molecule has 0 aliphatic heterocycles. The molecule has 3 amide bonds. The molecule has 0 bridgehead atoms. The fourth-order valence-electron chi connectivity index (χ4n) is 2.14. The average molecular weight is 383 g/mol. The Kier molecular flexibility index (Phi) is 6.09. The number of hydrogen-bond donors (Lipinski definition) is 3. The predicted molar refractivity (Wildman–Crippen MR) is 96.1 cm³/mol. The second-order valence-corrected chi connectivity index (χ2v) is 5.53. The first-order valence-electron chi connectivity index (χ1n) is 8.29. The topological polar surface area (TPSA) is 123 Å². The maximum Gasteiger partial charge on any atom is 0.305 e. The summed E-state index contributed by atoms with van der Waals surface area (Å²) in [5, 5.41) is 2.35. The Morgan fingerprint density at radius 1 is 0.857 bits per heavy atom. The number of furan rings is 2. The zero-order valence-electron chi connectivity index (χ0n) is 14.6. The van der Waals surface area contributed by atoms with Crippen LogP contribution < -0.4 is 20.9 Å². The van der Waals surface area contributed by atoms with Crippen molar-refractivity contribution in [3.63, 3.8) is 0 Å². The third-order valence-corrected chi connectivity index (χ3v) is 3.48. The number of hydrazine groups is 1.